The highest BCUT2D eigenvalue weighted by atomic mass is 16.5. The number of unbranched alkanes of at least 4 members (excludes halogenated alkanes) is 3. The Morgan fingerprint density at radius 1 is 0.912 bits per heavy atom. The van der Waals surface area contributed by atoms with Crippen LogP contribution >= 0.6 is 0 Å². The summed E-state index contributed by atoms with van der Waals surface area (Å²) in [6, 6.07) is 7.34. The Bertz CT molecular complexity index is 958. The zero-order valence-electron chi connectivity index (χ0n) is 21.5. The number of carboxylic acid groups (broad SMARTS) is 1. The van der Waals surface area contributed by atoms with Gasteiger partial charge in [-0.25, -0.2) is 4.79 Å². The minimum absolute atomic E-state index is 0.0289. The van der Waals surface area contributed by atoms with Crippen molar-refractivity contribution < 1.29 is 29.2 Å². The number of phenols is 1. The summed E-state index contributed by atoms with van der Waals surface area (Å²) in [5.41, 5.74) is 2.75. The minimum atomic E-state index is -1.14. The Morgan fingerprint density at radius 3 is 2.18 bits per heavy atom. The number of aryl methyl sites for hydroxylation is 1. The maximum atomic E-state index is 11.3. The van der Waals surface area contributed by atoms with E-state index in [0.29, 0.717) is 24.3 Å². The van der Waals surface area contributed by atoms with Crippen molar-refractivity contribution in [2.75, 3.05) is 20.8 Å². The third-order valence-electron chi connectivity index (χ3n) is 5.98. The van der Waals surface area contributed by atoms with Gasteiger partial charge in [-0.3, -0.25) is 0 Å². The summed E-state index contributed by atoms with van der Waals surface area (Å²) in [6.45, 7) is 9.01. The van der Waals surface area contributed by atoms with E-state index in [-0.39, 0.29) is 16.7 Å². The average molecular weight is 473 g/mol. The second kappa shape index (κ2) is 12.5. The van der Waals surface area contributed by atoms with Crippen molar-refractivity contribution in [3.8, 4) is 23.0 Å². The van der Waals surface area contributed by atoms with Crippen LogP contribution in [0.3, 0.4) is 0 Å². The van der Waals surface area contributed by atoms with E-state index in [1.165, 1.54) is 6.07 Å². The van der Waals surface area contributed by atoms with Gasteiger partial charge in [-0.1, -0.05) is 59.1 Å². The van der Waals surface area contributed by atoms with Crippen LogP contribution in [0.2, 0.25) is 0 Å². The van der Waals surface area contributed by atoms with Gasteiger partial charge in [-0.15, -0.1) is 0 Å². The first-order valence-electron chi connectivity index (χ1n) is 12.1. The highest BCUT2D eigenvalue weighted by molar-refractivity contribution is 5.91. The average Bonchev–Trinajstić information content (AvgIpc) is 2.78. The van der Waals surface area contributed by atoms with Gasteiger partial charge in [-0.2, -0.15) is 0 Å². The van der Waals surface area contributed by atoms with Crippen molar-refractivity contribution in [1.29, 1.82) is 0 Å². The summed E-state index contributed by atoms with van der Waals surface area (Å²) in [5, 5.41) is 19.5. The molecule has 0 aliphatic carbocycles. The van der Waals surface area contributed by atoms with Crippen molar-refractivity contribution in [1.82, 2.24) is 0 Å². The molecular formula is C28H40O6. The monoisotopic (exact) mass is 472 g/mol. The fraction of sp³-hybridized carbons (Fsp3) is 0.536. The van der Waals surface area contributed by atoms with Gasteiger partial charge in [0.25, 0.3) is 0 Å². The molecule has 2 aromatic rings. The van der Waals surface area contributed by atoms with Crippen LogP contribution in [-0.2, 0) is 18.3 Å². The van der Waals surface area contributed by atoms with Crippen LogP contribution in [0, 0.1) is 0 Å². The van der Waals surface area contributed by atoms with E-state index < -0.39 is 5.97 Å². The smallest absolute Gasteiger partial charge is 0.339 e. The molecule has 2 aromatic carbocycles. The molecule has 0 spiro atoms. The van der Waals surface area contributed by atoms with E-state index in [1.54, 1.807) is 20.3 Å². The lowest BCUT2D eigenvalue weighted by Gasteiger charge is -2.25. The van der Waals surface area contributed by atoms with Crippen molar-refractivity contribution >= 4 is 5.97 Å². The summed E-state index contributed by atoms with van der Waals surface area (Å²) in [4.78, 5) is 11.3. The van der Waals surface area contributed by atoms with Gasteiger partial charge in [0, 0.05) is 11.1 Å². The van der Waals surface area contributed by atoms with Gasteiger partial charge >= 0.3 is 5.97 Å². The first kappa shape index (κ1) is 27.4. The fourth-order valence-corrected chi connectivity index (χ4v) is 4.19. The molecule has 0 atom stereocenters. The molecular weight excluding hydrogens is 432 g/mol. The van der Waals surface area contributed by atoms with Crippen molar-refractivity contribution in [3.05, 3.63) is 46.5 Å². The lowest BCUT2D eigenvalue weighted by Crippen LogP contribution is -2.14. The Kier molecular flexibility index (Phi) is 10.1. The number of carboxylic acids is 1. The van der Waals surface area contributed by atoms with Gasteiger partial charge in [-0.05, 0) is 48.8 Å². The molecule has 6 nitrogen and oxygen atoms in total. The summed E-state index contributed by atoms with van der Waals surface area (Å²) >= 11 is 0. The Hall–Kier alpha value is -2.89. The van der Waals surface area contributed by atoms with Gasteiger partial charge in [0.2, 0.25) is 0 Å². The second-order valence-electron chi connectivity index (χ2n) is 9.59. The maximum absolute atomic E-state index is 11.3. The Morgan fingerprint density at radius 2 is 1.59 bits per heavy atom. The van der Waals surface area contributed by atoms with Gasteiger partial charge in [0.1, 0.15) is 17.1 Å². The van der Waals surface area contributed by atoms with Crippen LogP contribution in [0.15, 0.2) is 24.3 Å². The van der Waals surface area contributed by atoms with E-state index in [2.05, 4.69) is 32.9 Å². The highest BCUT2D eigenvalue weighted by Crippen LogP contribution is 2.41. The van der Waals surface area contributed by atoms with Crippen molar-refractivity contribution in [3.63, 3.8) is 0 Å². The van der Waals surface area contributed by atoms with E-state index in [4.69, 9.17) is 14.2 Å². The molecule has 0 fully saturated rings. The third-order valence-corrected chi connectivity index (χ3v) is 5.98. The first-order chi connectivity index (χ1) is 16.1. The lowest BCUT2D eigenvalue weighted by atomic mass is 9.85. The predicted octanol–water partition coefficient (Wildman–Crippen LogP) is 6.54. The van der Waals surface area contributed by atoms with Crippen molar-refractivity contribution in [2.24, 2.45) is 0 Å². The Labute approximate surface area is 203 Å². The Balaban J connectivity index is 1.88. The normalized spacial score (nSPS) is 11.4. The lowest BCUT2D eigenvalue weighted by molar-refractivity contribution is 0.0693. The molecule has 0 heterocycles. The van der Waals surface area contributed by atoms with Gasteiger partial charge in [0.15, 0.2) is 11.5 Å². The fourth-order valence-electron chi connectivity index (χ4n) is 4.19. The molecule has 0 saturated carbocycles. The molecule has 0 aromatic heterocycles. The number of aromatic hydroxyl groups is 1. The van der Waals surface area contributed by atoms with E-state index >= 15 is 0 Å². The number of ether oxygens (including phenoxy) is 3. The largest absolute Gasteiger partial charge is 0.507 e. The zero-order valence-corrected chi connectivity index (χ0v) is 21.5. The van der Waals surface area contributed by atoms with E-state index in [9.17, 15) is 15.0 Å². The molecule has 0 saturated heterocycles. The van der Waals surface area contributed by atoms with Gasteiger partial charge < -0.3 is 24.4 Å². The van der Waals surface area contributed by atoms with E-state index in [0.717, 1.165) is 61.2 Å². The van der Waals surface area contributed by atoms with Crippen LogP contribution in [0.25, 0.3) is 0 Å². The second-order valence-corrected chi connectivity index (χ2v) is 9.59. The zero-order chi connectivity index (χ0) is 25.3. The molecule has 34 heavy (non-hydrogen) atoms. The quantitative estimate of drug-likeness (QED) is 0.322. The summed E-state index contributed by atoms with van der Waals surface area (Å²) in [7, 11) is 3.39. The van der Waals surface area contributed by atoms with Gasteiger partial charge in [0.05, 0.1) is 20.8 Å². The minimum Gasteiger partial charge on any atom is -0.507 e. The highest BCUT2D eigenvalue weighted by Gasteiger charge is 2.23. The molecule has 0 radical (unpaired) electrons. The van der Waals surface area contributed by atoms with Crippen LogP contribution in [-0.4, -0.2) is 37.0 Å². The standard InChI is InChI=1S/C28H40O6/c1-7-12-20-23(17-15-21(24(20)29)27(30)31)34-18-11-9-8-10-13-19-14-16-22(28(2,3)4)26(33-6)25(19)32-5/h14-17,29H,7-13,18H2,1-6H3,(H,30,31). The molecule has 0 aliphatic heterocycles. The predicted molar refractivity (Wildman–Crippen MR) is 135 cm³/mol. The molecule has 2 N–H and O–H groups in total. The van der Waals surface area contributed by atoms with Crippen molar-refractivity contribution in [2.45, 2.75) is 78.1 Å². The molecule has 2 rings (SSSR count). The summed E-state index contributed by atoms with van der Waals surface area (Å²) in [5.74, 6) is 0.893. The molecule has 0 aliphatic rings. The number of carbonyl (C=O) groups is 1. The first-order valence-corrected chi connectivity index (χ1v) is 12.1. The van der Waals surface area contributed by atoms with Crippen LogP contribution < -0.4 is 14.2 Å². The van der Waals surface area contributed by atoms with Crippen LogP contribution in [0.4, 0.5) is 0 Å². The van der Waals surface area contributed by atoms with E-state index in [1.807, 2.05) is 6.92 Å². The number of hydrogen-bond acceptors (Lipinski definition) is 5. The molecule has 0 unspecified atom stereocenters. The van der Waals surface area contributed by atoms with Crippen LogP contribution in [0.5, 0.6) is 23.0 Å². The number of benzene rings is 2. The molecule has 0 amide bonds. The number of rotatable bonds is 13. The molecule has 6 heteroatoms. The maximum Gasteiger partial charge on any atom is 0.339 e. The number of aromatic carboxylic acids is 1. The number of methoxy groups -OCH3 is 2. The summed E-state index contributed by atoms with van der Waals surface area (Å²) in [6.07, 6.45) is 6.26. The molecule has 0 bridgehead atoms. The van der Waals surface area contributed by atoms with Crippen LogP contribution in [0.1, 0.15) is 86.8 Å². The topological polar surface area (TPSA) is 85.2 Å². The SMILES string of the molecule is CCCc1c(OCCCCCCc2ccc(C(C)(C)C)c(OC)c2OC)ccc(C(=O)O)c1O. The number of hydrogen-bond donors (Lipinski definition) is 2. The molecule has 188 valence electrons. The summed E-state index contributed by atoms with van der Waals surface area (Å²) < 4.78 is 17.3. The third kappa shape index (κ3) is 6.81.